The third-order valence-corrected chi connectivity index (χ3v) is 6.63. The van der Waals surface area contributed by atoms with E-state index >= 15 is 0 Å². The van der Waals surface area contributed by atoms with Crippen molar-refractivity contribution >= 4 is 27.6 Å². The van der Waals surface area contributed by atoms with Crippen molar-refractivity contribution in [1.29, 1.82) is 0 Å². The third kappa shape index (κ3) is 6.41. The molecule has 0 aliphatic rings. The Kier molecular flexibility index (Phi) is 8.58. The van der Waals surface area contributed by atoms with Crippen LogP contribution in [0, 0.1) is 18.8 Å². The van der Waals surface area contributed by atoms with Gasteiger partial charge in [-0.05, 0) is 55.0 Å². The summed E-state index contributed by atoms with van der Waals surface area (Å²) in [6, 6.07) is 13.5. The maximum absolute atomic E-state index is 13.3. The Morgan fingerprint density at radius 2 is 1.73 bits per heavy atom. The van der Waals surface area contributed by atoms with E-state index in [1.54, 1.807) is 61.0 Å². The first-order chi connectivity index (χ1) is 14.3. The fourth-order valence-electron chi connectivity index (χ4n) is 2.59. The van der Waals surface area contributed by atoms with Crippen LogP contribution in [0.4, 0.5) is 0 Å². The van der Waals surface area contributed by atoms with E-state index in [1.165, 1.54) is 24.8 Å². The molecule has 158 valence electrons. The quantitative estimate of drug-likeness (QED) is 0.475. The van der Waals surface area contributed by atoms with Gasteiger partial charge in [-0.1, -0.05) is 35.6 Å². The highest BCUT2D eigenvalue weighted by Gasteiger charge is 2.34. The monoisotopic (exact) mass is 444 g/mol. The number of aryl methyl sites for hydroxylation is 1. The number of sulfone groups is 1. The molecule has 0 spiro atoms. The SMILES string of the molecule is COc1ccc(C#CC(OC(C)=O)C(/C=C/SC)S(=O)(=O)c2ccc(C)cc2)cc1. The molecule has 0 aliphatic carbocycles. The lowest BCUT2D eigenvalue weighted by Gasteiger charge is -2.20. The highest BCUT2D eigenvalue weighted by atomic mass is 32.2. The van der Waals surface area contributed by atoms with Gasteiger partial charge in [-0.3, -0.25) is 4.79 Å². The van der Waals surface area contributed by atoms with Crippen LogP contribution < -0.4 is 4.74 Å². The molecule has 0 aromatic heterocycles. The van der Waals surface area contributed by atoms with Crippen molar-refractivity contribution in [3.05, 3.63) is 71.1 Å². The Morgan fingerprint density at radius 1 is 1.10 bits per heavy atom. The van der Waals surface area contributed by atoms with E-state index in [4.69, 9.17) is 9.47 Å². The number of ether oxygens (including phenoxy) is 2. The van der Waals surface area contributed by atoms with Crippen molar-refractivity contribution < 1.29 is 22.7 Å². The van der Waals surface area contributed by atoms with Gasteiger partial charge in [0.05, 0.1) is 12.0 Å². The molecule has 2 aromatic rings. The van der Waals surface area contributed by atoms with Crippen LogP contribution in [0.25, 0.3) is 0 Å². The number of hydrogen-bond donors (Lipinski definition) is 0. The number of esters is 1. The Balaban J connectivity index is 2.49. The van der Waals surface area contributed by atoms with Crippen LogP contribution in [0.3, 0.4) is 0 Å². The van der Waals surface area contributed by atoms with Gasteiger partial charge in [-0.25, -0.2) is 8.42 Å². The molecule has 0 saturated heterocycles. The summed E-state index contributed by atoms with van der Waals surface area (Å²) >= 11 is 1.35. The molecule has 7 heteroatoms. The van der Waals surface area contributed by atoms with Gasteiger partial charge in [-0.2, -0.15) is 0 Å². The van der Waals surface area contributed by atoms with Crippen molar-refractivity contribution in [2.45, 2.75) is 30.1 Å². The van der Waals surface area contributed by atoms with Gasteiger partial charge in [-0.15, -0.1) is 11.8 Å². The first-order valence-corrected chi connectivity index (χ1v) is 11.9. The van der Waals surface area contributed by atoms with Crippen molar-refractivity contribution in [2.75, 3.05) is 13.4 Å². The van der Waals surface area contributed by atoms with Crippen molar-refractivity contribution in [3.8, 4) is 17.6 Å². The van der Waals surface area contributed by atoms with E-state index in [-0.39, 0.29) is 4.90 Å². The Bertz CT molecular complexity index is 1040. The highest BCUT2D eigenvalue weighted by molar-refractivity contribution is 8.01. The van der Waals surface area contributed by atoms with Crippen molar-refractivity contribution in [3.63, 3.8) is 0 Å². The van der Waals surface area contributed by atoms with Gasteiger partial charge >= 0.3 is 5.97 Å². The molecule has 2 atom stereocenters. The zero-order chi connectivity index (χ0) is 22.1. The smallest absolute Gasteiger partial charge is 0.303 e. The minimum Gasteiger partial charge on any atom is -0.497 e. The second-order valence-corrected chi connectivity index (χ2v) is 9.26. The Morgan fingerprint density at radius 3 is 2.27 bits per heavy atom. The highest BCUT2D eigenvalue weighted by Crippen LogP contribution is 2.23. The Labute approximate surface area is 182 Å². The van der Waals surface area contributed by atoms with Crippen LogP contribution in [-0.2, 0) is 19.4 Å². The van der Waals surface area contributed by atoms with Gasteiger partial charge in [0.25, 0.3) is 0 Å². The first-order valence-electron chi connectivity index (χ1n) is 9.10. The van der Waals surface area contributed by atoms with Crippen LogP contribution in [-0.4, -0.2) is 39.1 Å². The summed E-state index contributed by atoms with van der Waals surface area (Å²) in [6.45, 7) is 3.11. The summed E-state index contributed by atoms with van der Waals surface area (Å²) in [5.74, 6) is 5.81. The number of hydrogen-bond acceptors (Lipinski definition) is 6. The van der Waals surface area contributed by atoms with Gasteiger partial charge in [0.2, 0.25) is 0 Å². The maximum Gasteiger partial charge on any atom is 0.303 e. The minimum absolute atomic E-state index is 0.146. The number of thioether (sulfide) groups is 1. The maximum atomic E-state index is 13.3. The predicted molar refractivity (Wildman–Crippen MR) is 120 cm³/mol. The van der Waals surface area contributed by atoms with Gasteiger partial charge in [0.15, 0.2) is 15.9 Å². The van der Waals surface area contributed by atoms with Crippen LogP contribution >= 0.6 is 11.8 Å². The molecule has 0 saturated carbocycles. The van der Waals surface area contributed by atoms with Gasteiger partial charge < -0.3 is 9.47 Å². The normalized spacial score (nSPS) is 13.2. The Hall–Kier alpha value is -2.69. The first kappa shape index (κ1) is 23.6. The zero-order valence-electron chi connectivity index (χ0n) is 17.3. The van der Waals surface area contributed by atoms with Crippen molar-refractivity contribution in [1.82, 2.24) is 0 Å². The molecule has 2 aromatic carbocycles. The van der Waals surface area contributed by atoms with E-state index in [2.05, 4.69) is 11.8 Å². The number of methoxy groups -OCH3 is 1. The summed E-state index contributed by atoms with van der Waals surface area (Å²) in [6.07, 6.45) is 2.16. The average Bonchev–Trinajstić information content (AvgIpc) is 2.72. The van der Waals surface area contributed by atoms with Crippen LogP contribution in [0.2, 0.25) is 0 Å². The molecule has 30 heavy (non-hydrogen) atoms. The minimum atomic E-state index is -3.85. The fourth-order valence-corrected chi connectivity index (χ4v) is 4.58. The molecule has 0 heterocycles. The number of benzene rings is 2. The fraction of sp³-hybridized carbons (Fsp3) is 0.261. The zero-order valence-corrected chi connectivity index (χ0v) is 18.9. The molecule has 0 fully saturated rings. The van der Waals surface area contributed by atoms with E-state index < -0.39 is 27.2 Å². The van der Waals surface area contributed by atoms with Crippen LogP contribution in [0.15, 0.2) is 64.9 Å². The lowest BCUT2D eigenvalue weighted by atomic mass is 10.2. The van der Waals surface area contributed by atoms with E-state index in [9.17, 15) is 13.2 Å². The molecule has 5 nitrogen and oxygen atoms in total. The molecule has 0 amide bonds. The molecule has 0 radical (unpaired) electrons. The predicted octanol–water partition coefficient (Wildman–Crippen LogP) is 4.01. The second-order valence-electron chi connectivity index (χ2n) is 6.41. The molecular formula is C23H24O5S2. The topological polar surface area (TPSA) is 69.7 Å². The van der Waals surface area contributed by atoms with Crippen LogP contribution in [0.5, 0.6) is 5.75 Å². The summed E-state index contributed by atoms with van der Waals surface area (Å²) in [4.78, 5) is 11.9. The number of carbonyl (C=O) groups is 1. The lowest BCUT2D eigenvalue weighted by Crippen LogP contribution is -2.35. The lowest BCUT2D eigenvalue weighted by molar-refractivity contribution is -0.143. The summed E-state index contributed by atoms with van der Waals surface area (Å²) < 4.78 is 37.1. The van der Waals surface area contributed by atoms with Gasteiger partial charge in [0.1, 0.15) is 11.0 Å². The van der Waals surface area contributed by atoms with E-state index in [1.807, 2.05) is 13.2 Å². The largest absolute Gasteiger partial charge is 0.497 e. The summed E-state index contributed by atoms with van der Waals surface area (Å²) in [7, 11) is -2.28. The molecule has 0 aliphatic heterocycles. The molecule has 2 rings (SSSR count). The van der Waals surface area contributed by atoms with E-state index in [0.29, 0.717) is 11.3 Å². The van der Waals surface area contributed by atoms with Crippen LogP contribution in [0.1, 0.15) is 18.1 Å². The summed E-state index contributed by atoms with van der Waals surface area (Å²) in [5, 5.41) is 0.504. The molecule has 0 bridgehead atoms. The number of rotatable bonds is 7. The van der Waals surface area contributed by atoms with Gasteiger partial charge in [0, 0.05) is 12.5 Å². The second kappa shape index (κ2) is 10.9. The standard InChI is InChI=1S/C23H24O5S2/c1-17-5-12-21(13-6-17)30(25,26)23(15-16-29-4)22(28-18(2)24)14-9-19-7-10-20(27-3)11-8-19/h5-8,10-13,15-16,22-23H,1-4H3/b16-15+. The van der Waals surface area contributed by atoms with E-state index in [0.717, 1.165) is 5.56 Å². The third-order valence-electron chi connectivity index (χ3n) is 4.15. The molecule has 0 N–H and O–H groups in total. The molecular weight excluding hydrogens is 420 g/mol. The average molecular weight is 445 g/mol. The number of carbonyl (C=O) groups excluding carboxylic acids is 1. The summed E-state index contributed by atoms with van der Waals surface area (Å²) in [5.41, 5.74) is 1.59. The molecule has 2 unspecified atom stereocenters. The van der Waals surface area contributed by atoms with Crippen molar-refractivity contribution in [2.24, 2.45) is 0 Å².